The van der Waals surface area contributed by atoms with E-state index in [9.17, 15) is 13.2 Å². The number of hydrogen-bond acceptors (Lipinski definition) is 4. The highest BCUT2D eigenvalue weighted by atomic mass is 32.2. The van der Waals surface area contributed by atoms with Crippen molar-refractivity contribution >= 4 is 16.0 Å². The molecule has 0 aromatic carbocycles. The number of aryl methyl sites for hydroxylation is 1. The van der Waals surface area contributed by atoms with Gasteiger partial charge in [0.15, 0.2) is 0 Å². The molecule has 0 spiro atoms. The molecule has 18 heavy (non-hydrogen) atoms. The maximum atomic E-state index is 11.7. The zero-order valence-electron chi connectivity index (χ0n) is 10.0. The summed E-state index contributed by atoms with van der Waals surface area (Å²) >= 11 is 0. The average Bonchev–Trinajstić information content (AvgIpc) is 2.26. The van der Waals surface area contributed by atoms with Gasteiger partial charge in [0.25, 0.3) is 0 Å². The molecule has 1 aromatic heterocycles. The predicted molar refractivity (Wildman–Crippen MR) is 66.6 cm³/mol. The Kier molecular flexibility index (Phi) is 5.24. The second-order valence-electron chi connectivity index (χ2n) is 4.04. The fourth-order valence-electron chi connectivity index (χ4n) is 1.47. The van der Waals surface area contributed by atoms with Crippen LogP contribution in [0, 0.1) is 0 Å². The molecule has 1 heterocycles. The summed E-state index contributed by atoms with van der Waals surface area (Å²) in [4.78, 5) is 14.3. The number of carboxylic acid groups (broad SMARTS) is 1. The van der Waals surface area contributed by atoms with Gasteiger partial charge in [-0.3, -0.25) is 9.78 Å². The molecule has 0 saturated carbocycles. The summed E-state index contributed by atoms with van der Waals surface area (Å²) < 4.78 is 25.7. The van der Waals surface area contributed by atoms with Gasteiger partial charge < -0.3 is 5.11 Å². The van der Waals surface area contributed by atoms with E-state index >= 15 is 0 Å². The van der Waals surface area contributed by atoms with Crippen LogP contribution in [0.5, 0.6) is 0 Å². The van der Waals surface area contributed by atoms with Gasteiger partial charge in [-0.2, -0.15) is 0 Å². The molecule has 0 aliphatic rings. The lowest BCUT2D eigenvalue weighted by Gasteiger charge is -2.11. The van der Waals surface area contributed by atoms with E-state index in [1.54, 1.807) is 24.5 Å². The molecule has 0 aliphatic heterocycles. The summed E-state index contributed by atoms with van der Waals surface area (Å²) in [6.45, 7) is 1.53. The molecular formula is C11H16N2O4S. The Morgan fingerprint density at radius 3 is 2.61 bits per heavy atom. The number of carbonyl (C=O) groups is 1. The fraction of sp³-hybridized carbons (Fsp3) is 0.455. The summed E-state index contributed by atoms with van der Waals surface area (Å²) in [7, 11) is -3.46. The van der Waals surface area contributed by atoms with Crippen LogP contribution in [0.25, 0.3) is 0 Å². The lowest BCUT2D eigenvalue weighted by atomic mass is 10.2. The summed E-state index contributed by atoms with van der Waals surface area (Å²) in [5.41, 5.74) is 0.876. The lowest BCUT2D eigenvalue weighted by molar-refractivity contribution is -0.137. The first-order valence-electron chi connectivity index (χ1n) is 5.50. The van der Waals surface area contributed by atoms with Gasteiger partial charge in [0.1, 0.15) is 0 Å². The maximum absolute atomic E-state index is 11.7. The number of rotatable bonds is 7. The Hall–Kier alpha value is -1.47. The minimum atomic E-state index is -3.46. The summed E-state index contributed by atoms with van der Waals surface area (Å²) in [5.74, 6) is -1.10. The van der Waals surface area contributed by atoms with Crippen LogP contribution < -0.4 is 4.72 Å². The van der Waals surface area contributed by atoms with Crippen molar-refractivity contribution in [2.75, 3.05) is 5.75 Å². The molecule has 100 valence electrons. The second-order valence-corrected chi connectivity index (χ2v) is 5.91. The first kappa shape index (κ1) is 14.6. The highest BCUT2D eigenvalue weighted by molar-refractivity contribution is 7.89. The van der Waals surface area contributed by atoms with Crippen LogP contribution in [0.15, 0.2) is 24.5 Å². The molecular weight excluding hydrogens is 256 g/mol. The predicted octanol–water partition coefficient (Wildman–Crippen LogP) is 0.407. The first-order chi connectivity index (χ1) is 8.39. The molecule has 2 N–H and O–H groups in total. The number of pyridine rings is 1. The van der Waals surface area contributed by atoms with Crippen LogP contribution in [0.4, 0.5) is 0 Å². The van der Waals surface area contributed by atoms with E-state index in [2.05, 4.69) is 9.71 Å². The van der Waals surface area contributed by atoms with Crippen LogP contribution in [0.1, 0.15) is 18.9 Å². The average molecular weight is 272 g/mol. The fourth-order valence-corrected chi connectivity index (χ4v) is 2.79. The number of hydrogen-bond donors (Lipinski definition) is 2. The van der Waals surface area contributed by atoms with Crippen LogP contribution in [0.3, 0.4) is 0 Å². The van der Waals surface area contributed by atoms with E-state index in [1.165, 1.54) is 6.92 Å². The lowest BCUT2D eigenvalue weighted by Crippen LogP contribution is -2.36. The standard InChI is InChI=1S/C11H16N2O4S/c1-9(8-11(14)15)13-18(16,17)7-4-10-2-5-12-6-3-10/h2-3,5-6,9,13H,4,7-8H2,1H3,(H,14,15). The number of sulfonamides is 1. The van der Waals surface area contributed by atoms with Crippen LogP contribution in [-0.2, 0) is 21.2 Å². The van der Waals surface area contributed by atoms with Gasteiger partial charge in [0.2, 0.25) is 10.0 Å². The molecule has 0 bridgehead atoms. The smallest absolute Gasteiger partial charge is 0.304 e. The number of aliphatic carboxylic acids is 1. The summed E-state index contributed by atoms with van der Waals surface area (Å²) in [6, 6.07) is 2.89. The van der Waals surface area contributed by atoms with Crippen molar-refractivity contribution in [3.8, 4) is 0 Å². The molecule has 1 rings (SSSR count). The maximum Gasteiger partial charge on any atom is 0.304 e. The van der Waals surface area contributed by atoms with Gasteiger partial charge in [0.05, 0.1) is 12.2 Å². The minimum Gasteiger partial charge on any atom is -0.481 e. The Balaban J connectivity index is 2.47. The largest absolute Gasteiger partial charge is 0.481 e. The Morgan fingerprint density at radius 2 is 2.06 bits per heavy atom. The normalized spacial score (nSPS) is 13.2. The molecule has 0 fully saturated rings. The molecule has 6 nitrogen and oxygen atoms in total. The molecule has 1 aromatic rings. The Morgan fingerprint density at radius 1 is 1.44 bits per heavy atom. The van der Waals surface area contributed by atoms with Gasteiger partial charge in [-0.15, -0.1) is 0 Å². The number of nitrogens with zero attached hydrogens (tertiary/aromatic N) is 1. The third kappa shape index (κ3) is 5.74. The van der Waals surface area contributed by atoms with Gasteiger partial charge in [-0.1, -0.05) is 0 Å². The number of carboxylic acids is 1. The van der Waals surface area contributed by atoms with E-state index in [1.807, 2.05) is 0 Å². The third-order valence-electron chi connectivity index (χ3n) is 2.27. The van der Waals surface area contributed by atoms with Gasteiger partial charge in [-0.25, -0.2) is 13.1 Å². The van der Waals surface area contributed by atoms with E-state index in [0.717, 1.165) is 5.56 Å². The van der Waals surface area contributed by atoms with Crippen molar-refractivity contribution in [2.45, 2.75) is 25.8 Å². The topological polar surface area (TPSA) is 96.4 Å². The Bertz CT molecular complexity index is 487. The third-order valence-corrected chi connectivity index (χ3v) is 3.77. The molecule has 0 aliphatic carbocycles. The SMILES string of the molecule is CC(CC(=O)O)NS(=O)(=O)CCc1ccncc1. The summed E-state index contributed by atoms with van der Waals surface area (Å²) in [5, 5.41) is 8.55. The quantitative estimate of drug-likeness (QED) is 0.749. The van der Waals surface area contributed by atoms with Gasteiger partial charge in [0, 0.05) is 18.4 Å². The first-order valence-corrected chi connectivity index (χ1v) is 7.15. The number of nitrogens with one attached hydrogen (secondary N) is 1. The van der Waals surface area contributed by atoms with Crippen LogP contribution in [-0.4, -0.2) is 36.3 Å². The molecule has 1 unspecified atom stereocenters. The molecule has 1 atom stereocenters. The minimum absolute atomic E-state index is 0.0685. The molecule has 0 saturated heterocycles. The number of aromatic nitrogens is 1. The van der Waals surface area contributed by atoms with E-state index in [4.69, 9.17) is 5.11 Å². The van der Waals surface area contributed by atoms with Crippen molar-refractivity contribution in [3.63, 3.8) is 0 Å². The van der Waals surface area contributed by atoms with Gasteiger partial charge >= 0.3 is 5.97 Å². The Labute approximate surface area is 106 Å². The monoisotopic (exact) mass is 272 g/mol. The van der Waals surface area contributed by atoms with Crippen molar-refractivity contribution < 1.29 is 18.3 Å². The van der Waals surface area contributed by atoms with Crippen LogP contribution >= 0.6 is 0 Å². The van der Waals surface area contributed by atoms with E-state index < -0.39 is 22.0 Å². The van der Waals surface area contributed by atoms with E-state index in [-0.39, 0.29) is 12.2 Å². The molecule has 0 amide bonds. The molecule has 7 heteroatoms. The van der Waals surface area contributed by atoms with E-state index in [0.29, 0.717) is 6.42 Å². The van der Waals surface area contributed by atoms with Crippen molar-refractivity contribution in [3.05, 3.63) is 30.1 Å². The van der Waals surface area contributed by atoms with Crippen molar-refractivity contribution in [1.82, 2.24) is 9.71 Å². The van der Waals surface area contributed by atoms with Gasteiger partial charge in [-0.05, 0) is 31.0 Å². The highest BCUT2D eigenvalue weighted by Gasteiger charge is 2.16. The van der Waals surface area contributed by atoms with Crippen molar-refractivity contribution in [1.29, 1.82) is 0 Å². The zero-order valence-corrected chi connectivity index (χ0v) is 10.9. The second kappa shape index (κ2) is 6.46. The summed E-state index contributed by atoms with van der Waals surface area (Å²) in [6.07, 6.45) is 3.34. The highest BCUT2D eigenvalue weighted by Crippen LogP contribution is 2.01. The van der Waals surface area contributed by atoms with Crippen molar-refractivity contribution in [2.24, 2.45) is 0 Å². The molecule has 0 radical (unpaired) electrons. The van der Waals surface area contributed by atoms with Crippen LogP contribution in [0.2, 0.25) is 0 Å². The zero-order chi connectivity index (χ0) is 13.6.